The molecule has 2 aromatic heterocycles. The second-order valence-corrected chi connectivity index (χ2v) is 4.99. The van der Waals surface area contributed by atoms with Gasteiger partial charge in [-0.1, -0.05) is 28.9 Å². The van der Waals surface area contributed by atoms with Crippen molar-refractivity contribution in [1.82, 2.24) is 15.1 Å². The standard InChI is InChI=1S/C15H11ClN4O3/c1-22-15(21)9-4-2-3-8(5-9)13-19-14(23-20-13)10-6-11(16)12(17)18-7-10/h2-7H,1H3,(H2,17,18). The molecule has 0 aliphatic rings. The van der Waals surface area contributed by atoms with Gasteiger partial charge in [-0.05, 0) is 18.2 Å². The Balaban J connectivity index is 1.95. The highest BCUT2D eigenvalue weighted by Gasteiger charge is 2.14. The Kier molecular flexibility index (Phi) is 3.94. The molecule has 2 heterocycles. The first-order chi connectivity index (χ1) is 11.1. The molecule has 0 fully saturated rings. The van der Waals surface area contributed by atoms with E-state index in [-0.39, 0.29) is 11.7 Å². The van der Waals surface area contributed by atoms with Crippen LogP contribution in [0.1, 0.15) is 10.4 Å². The lowest BCUT2D eigenvalue weighted by molar-refractivity contribution is 0.0601. The van der Waals surface area contributed by atoms with Crippen molar-refractivity contribution >= 4 is 23.4 Å². The molecule has 116 valence electrons. The van der Waals surface area contributed by atoms with Gasteiger partial charge in [0.1, 0.15) is 5.82 Å². The fourth-order valence-corrected chi connectivity index (χ4v) is 2.09. The molecule has 0 saturated carbocycles. The van der Waals surface area contributed by atoms with Crippen LogP contribution in [0, 0.1) is 0 Å². The summed E-state index contributed by atoms with van der Waals surface area (Å²) < 4.78 is 9.90. The van der Waals surface area contributed by atoms with Gasteiger partial charge in [-0.2, -0.15) is 4.98 Å². The maximum Gasteiger partial charge on any atom is 0.337 e. The lowest BCUT2D eigenvalue weighted by atomic mass is 10.1. The van der Waals surface area contributed by atoms with Crippen LogP contribution in [-0.4, -0.2) is 28.2 Å². The number of aromatic nitrogens is 3. The summed E-state index contributed by atoms with van der Waals surface area (Å²) in [6.07, 6.45) is 1.49. The van der Waals surface area contributed by atoms with Gasteiger partial charge in [-0.25, -0.2) is 9.78 Å². The summed E-state index contributed by atoms with van der Waals surface area (Å²) in [5.74, 6) is 0.364. The molecule has 0 aliphatic carbocycles. The molecule has 0 atom stereocenters. The number of nitrogens with zero attached hydrogens (tertiary/aromatic N) is 3. The third kappa shape index (κ3) is 3.00. The Morgan fingerprint density at radius 3 is 2.87 bits per heavy atom. The molecule has 0 radical (unpaired) electrons. The molecule has 0 aliphatic heterocycles. The van der Waals surface area contributed by atoms with Gasteiger partial charge in [-0.3, -0.25) is 0 Å². The monoisotopic (exact) mass is 330 g/mol. The average Bonchev–Trinajstić information content (AvgIpc) is 3.07. The van der Waals surface area contributed by atoms with Crippen molar-refractivity contribution < 1.29 is 14.1 Å². The normalized spacial score (nSPS) is 10.5. The zero-order valence-electron chi connectivity index (χ0n) is 12.0. The molecule has 1 aromatic carbocycles. The Hall–Kier alpha value is -2.93. The summed E-state index contributed by atoms with van der Waals surface area (Å²) in [6.45, 7) is 0. The highest BCUT2D eigenvalue weighted by Crippen LogP contribution is 2.26. The first-order valence-electron chi connectivity index (χ1n) is 6.52. The van der Waals surface area contributed by atoms with Crippen LogP contribution >= 0.6 is 11.6 Å². The van der Waals surface area contributed by atoms with Gasteiger partial charge >= 0.3 is 5.97 Å². The predicted octanol–water partition coefficient (Wildman–Crippen LogP) is 2.82. The molecule has 3 rings (SSSR count). The maximum atomic E-state index is 11.6. The van der Waals surface area contributed by atoms with Crippen molar-refractivity contribution in [3.63, 3.8) is 0 Å². The minimum absolute atomic E-state index is 0.223. The molecular formula is C15H11ClN4O3. The molecule has 8 heteroatoms. The Morgan fingerprint density at radius 2 is 2.13 bits per heavy atom. The smallest absolute Gasteiger partial charge is 0.337 e. The first kappa shape index (κ1) is 15.0. The predicted molar refractivity (Wildman–Crippen MR) is 83.7 cm³/mol. The quantitative estimate of drug-likeness (QED) is 0.736. The summed E-state index contributed by atoms with van der Waals surface area (Å²) in [7, 11) is 1.32. The van der Waals surface area contributed by atoms with Crippen LogP contribution < -0.4 is 5.73 Å². The second-order valence-electron chi connectivity index (χ2n) is 4.59. The number of hydrogen-bond acceptors (Lipinski definition) is 7. The number of halogens is 1. The molecule has 0 amide bonds. The van der Waals surface area contributed by atoms with Gasteiger partial charge in [0, 0.05) is 11.8 Å². The van der Waals surface area contributed by atoms with Crippen LogP contribution in [0.15, 0.2) is 41.1 Å². The summed E-state index contributed by atoms with van der Waals surface area (Å²) in [4.78, 5) is 19.8. The number of rotatable bonds is 3. The van der Waals surface area contributed by atoms with Crippen molar-refractivity contribution in [3.8, 4) is 22.8 Å². The summed E-state index contributed by atoms with van der Waals surface area (Å²) >= 11 is 5.93. The van der Waals surface area contributed by atoms with Crippen LogP contribution in [0.3, 0.4) is 0 Å². The van der Waals surface area contributed by atoms with E-state index >= 15 is 0 Å². The van der Waals surface area contributed by atoms with E-state index in [0.717, 1.165) is 0 Å². The summed E-state index contributed by atoms with van der Waals surface area (Å²) in [5, 5.41) is 4.20. The SMILES string of the molecule is COC(=O)c1cccc(-c2noc(-c3cnc(N)c(Cl)c3)n2)c1. The molecule has 2 N–H and O–H groups in total. The van der Waals surface area contributed by atoms with Gasteiger partial charge in [0.15, 0.2) is 0 Å². The molecule has 23 heavy (non-hydrogen) atoms. The van der Waals surface area contributed by atoms with Crippen LogP contribution in [0.25, 0.3) is 22.8 Å². The Bertz CT molecular complexity index is 879. The van der Waals surface area contributed by atoms with Crippen molar-refractivity contribution in [1.29, 1.82) is 0 Å². The van der Waals surface area contributed by atoms with E-state index in [1.807, 2.05) is 0 Å². The second kappa shape index (κ2) is 6.05. The van der Waals surface area contributed by atoms with Crippen LogP contribution in [-0.2, 0) is 4.74 Å². The van der Waals surface area contributed by atoms with Crippen molar-refractivity contribution in [2.24, 2.45) is 0 Å². The number of nitrogens with two attached hydrogens (primary N) is 1. The number of anilines is 1. The third-order valence-electron chi connectivity index (χ3n) is 3.08. The zero-order valence-corrected chi connectivity index (χ0v) is 12.7. The van der Waals surface area contributed by atoms with Crippen molar-refractivity contribution in [2.45, 2.75) is 0 Å². The number of benzene rings is 1. The van der Waals surface area contributed by atoms with Gasteiger partial charge in [0.25, 0.3) is 5.89 Å². The molecule has 3 aromatic rings. The fraction of sp³-hybridized carbons (Fsp3) is 0.0667. The Labute approximate surface area is 136 Å². The largest absolute Gasteiger partial charge is 0.465 e. The van der Waals surface area contributed by atoms with E-state index in [2.05, 4.69) is 19.9 Å². The number of esters is 1. The van der Waals surface area contributed by atoms with E-state index in [4.69, 9.17) is 21.9 Å². The van der Waals surface area contributed by atoms with E-state index in [1.165, 1.54) is 13.3 Å². The van der Waals surface area contributed by atoms with Crippen LogP contribution in [0.2, 0.25) is 5.02 Å². The lowest BCUT2D eigenvalue weighted by Crippen LogP contribution is -2.00. The minimum Gasteiger partial charge on any atom is -0.465 e. The number of ether oxygens (including phenoxy) is 1. The molecule has 0 unspecified atom stereocenters. The van der Waals surface area contributed by atoms with Crippen molar-refractivity contribution in [3.05, 3.63) is 47.1 Å². The van der Waals surface area contributed by atoms with Gasteiger partial charge in [0.2, 0.25) is 5.82 Å². The fourth-order valence-electron chi connectivity index (χ4n) is 1.93. The highest BCUT2D eigenvalue weighted by molar-refractivity contribution is 6.33. The number of pyridine rings is 1. The zero-order chi connectivity index (χ0) is 16.4. The van der Waals surface area contributed by atoms with Gasteiger partial charge < -0.3 is 15.0 Å². The van der Waals surface area contributed by atoms with E-state index in [9.17, 15) is 4.79 Å². The third-order valence-corrected chi connectivity index (χ3v) is 3.39. The number of carbonyl (C=O) groups is 1. The van der Waals surface area contributed by atoms with Crippen LogP contribution in [0.4, 0.5) is 5.82 Å². The maximum absolute atomic E-state index is 11.6. The number of methoxy groups -OCH3 is 1. The molecule has 0 bridgehead atoms. The lowest BCUT2D eigenvalue weighted by Gasteiger charge is -2.00. The first-order valence-corrected chi connectivity index (χ1v) is 6.90. The molecule has 7 nitrogen and oxygen atoms in total. The van der Waals surface area contributed by atoms with Crippen molar-refractivity contribution in [2.75, 3.05) is 12.8 Å². The molecule has 0 saturated heterocycles. The number of hydrogen-bond donors (Lipinski definition) is 1. The topological polar surface area (TPSA) is 104 Å². The van der Waals surface area contributed by atoms with E-state index in [0.29, 0.717) is 27.5 Å². The van der Waals surface area contributed by atoms with E-state index < -0.39 is 5.97 Å². The number of carbonyl (C=O) groups excluding carboxylic acids is 1. The number of nitrogen functional groups attached to an aromatic ring is 1. The molecular weight excluding hydrogens is 320 g/mol. The van der Waals surface area contributed by atoms with Gasteiger partial charge in [-0.15, -0.1) is 0 Å². The highest BCUT2D eigenvalue weighted by atomic mass is 35.5. The van der Waals surface area contributed by atoms with Gasteiger partial charge in [0.05, 0.1) is 23.3 Å². The van der Waals surface area contributed by atoms with Crippen LogP contribution in [0.5, 0.6) is 0 Å². The summed E-state index contributed by atoms with van der Waals surface area (Å²) in [5.41, 5.74) is 7.14. The van der Waals surface area contributed by atoms with E-state index in [1.54, 1.807) is 30.3 Å². The Morgan fingerprint density at radius 1 is 1.30 bits per heavy atom. The average molecular weight is 331 g/mol. The minimum atomic E-state index is -0.440. The molecule has 0 spiro atoms. The summed E-state index contributed by atoms with van der Waals surface area (Å²) in [6, 6.07) is 8.31.